The van der Waals surface area contributed by atoms with E-state index in [0.717, 1.165) is 18.7 Å². The van der Waals surface area contributed by atoms with Gasteiger partial charge in [-0.2, -0.15) is 0 Å². The van der Waals surface area contributed by atoms with Gasteiger partial charge in [0.25, 0.3) is 11.8 Å². The van der Waals surface area contributed by atoms with Gasteiger partial charge < -0.3 is 10.6 Å². The van der Waals surface area contributed by atoms with Crippen LogP contribution in [0.25, 0.3) is 0 Å². The number of carbonyl (C=O) groups is 2. The lowest BCUT2D eigenvalue weighted by Crippen LogP contribution is -2.17. The number of nitrogens with zero attached hydrogens (tertiary/aromatic N) is 4. The number of benzene rings is 3. The highest BCUT2D eigenvalue weighted by Crippen LogP contribution is 2.27. The maximum atomic E-state index is 13.3. The lowest BCUT2D eigenvalue weighted by Gasteiger charge is -2.14. The molecular weight excluding hydrogens is 500 g/mol. The predicted molar refractivity (Wildman–Crippen MR) is 161 cm³/mol. The largest absolute Gasteiger partial charge is 0.320 e. The number of amides is 2. The molecule has 8 heteroatoms. The molecule has 0 bridgehead atoms. The fourth-order valence-corrected chi connectivity index (χ4v) is 3.97. The SMILES string of the molecule is O=C(Nc1ccccc1NC(=O)c1ccccc1N=Cc1ccccn1)c1ccccc1N=CC1=NCCC=C1. The van der Waals surface area contributed by atoms with Gasteiger partial charge in [-0.15, -0.1) is 0 Å². The molecule has 8 nitrogen and oxygen atoms in total. The van der Waals surface area contributed by atoms with Crippen LogP contribution < -0.4 is 10.6 Å². The zero-order chi connectivity index (χ0) is 27.6. The zero-order valence-electron chi connectivity index (χ0n) is 21.6. The molecule has 0 saturated carbocycles. The van der Waals surface area contributed by atoms with E-state index in [0.29, 0.717) is 39.6 Å². The van der Waals surface area contributed by atoms with Crippen molar-refractivity contribution in [1.29, 1.82) is 0 Å². The number of dihydropyridines is 1. The van der Waals surface area contributed by atoms with Crippen LogP contribution in [0.3, 0.4) is 0 Å². The first-order valence-electron chi connectivity index (χ1n) is 12.8. The third kappa shape index (κ3) is 6.68. The van der Waals surface area contributed by atoms with Crippen molar-refractivity contribution in [3.8, 4) is 0 Å². The van der Waals surface area contributed by atoms with Gasteiger partial charge in [0, 0.05) is 12.7 Å². The second kappa shape index (κ2) is 12.8. The topological polar surface area (TPSA) is 108 Å². The van der Waals surface area contributed by atoms with Crippen molar-refractivity contribution < 1.29 is 9.59 Å². The fraction of sp³-hybridized carbons (Fsp3) is 0.0625. The third-order valence-corrected chi connectivity index (χ3v) is 5.96. The van der Waals surface area contributed by atoms with E-state index in [9.17, 15) is 9.59 Å². The number of allylic oxidation sites excluding steroid dienone is 1. The quantitative estimate of drug-likeness (QED) is 0.258. The standard InChI is InChI=1S/C32H26N6O2/c39-31(25-13-1-3-15-27(25)35-21-23-11-7-9-19-33-23)37-29-17-5-6-18-30(29)38-32(40)26-14-2-4-16-28(26)36-22-24-12-8-10-20-34-24/h1-9,11-19,21-22H,10,20H2,(H,37,39)(H,38,40). The first-order chi connectivity index (χ1) is 19.7. The molecule has 0 aliphatic carbocycles. The Kier molecular flexibility index (Phi) is 8.38. The Morgan fingerprint density at radius 2 is 1.27 bits per heavy atom. The molecule has 0 unspecified atom stereocenters. The molecule has 2 amide bonds. The molecule has 4 aromatic rings. The Morgan fingerprint density at radius 1 is 0.700 bits per heavy atom. The van der Waals surface area contributed by atoms with Crippen molar-refractivity contribution >= 4 is 52.7 Å². The summed E-state index contributed by atoms with van der Waals surface area (Å²) in [5.74, 6) is -0.710. The van der Waals surface area contributed by atoms with Crippen LogP contribution in [-0.4, -0.2) is 41.5 Å². The number of aliphatic imine (C=N–C) groups is 3. The van der Waals surface area contributed by atoms with Crippen molar-refractivity contribution in [3.05, 3.63) is 126 Å². The van der Waals surface area contributed by atoms with Crippen LogP contribution in [0.5, 0.6) is 0 Å². The van der Waals surface area contributed by atoms with Crippen LogP contribution in [0.2, 0.25) is 0 Å². The molecule has 196 valence electrons. The lowest BCUT2D eigenvalue weighted by atomic mass is 10.1. The first-order valence-corrected chi connectivity index (χ1v) is 12.8. The van der Waals surface area contributed by atoms with Crippen molar-refractivity contribution in [2.45, 2.75) is 6.42 Å². The number of hydrogen-bond acceptors (Lipinski definition) is 6. The smallest absolute Gasteiger partial charge is 0.257 e. The Bertz CT molecular complexity index is 1640. The second-order valence-corrected chi connectivity index (χ2v) is 8.76. The van der Waals surface area contributed by atoms with E-state index in [4.69, 9.17) is 0 Å². The van der Waals surface area contributed by atoms with Gasteiger partial charge in [0.15, 0.2) is 0 Å². The molecule has 0 saturated heterocycles. The average molecular weight is 527 g/mol. The fourth-order valence-electron chi connectivity index (χ4n) is 3.97. The van der Waals surface area contributed by atoms with Crippen LogP contribution in [0.4, 0.5) is 22.7 Å². The van der Waals surface area contributed by atoms with Crippen molar-refractivity contribution in [3.63, 3.8) is 0 Å². The van der Waals surface area contributed by atoms with Gasteiger partial charge in [-0.3, -0.25) is 29.6 Å². The molecular formula is C32H26N6O2. The summed E-state index contributed by atoms with van der Waals surface area (Å²) in [5.41, 5.74) is 4.14. The number of aromatic nitrogens is 1. The average Bonchev–Trinajstić information content (AvgIpc) is 3.01. The highest BCUT2D eigenvalue weighted by Gasteiger charge is 2.16. The monoisotopic (exact) mass is 526 g/mol. The molecule has 0 spiro atoms. The minimum absolute atomic E-state index is 0.351. The summed E-state index contributed by atoms with van der Waals surface area (Å²) in [6.07, 6.45) is 9.82. The van der Waals surface area contributed by atoms with Crippen LogP contribution >= 0.6 is 0 Å². The van der Waals surface area contributed by atoms with Crippen LogP contribution in [-0.2, 0) is 0 Å². The van der Waals surface area contributed by atoms with Gasteiger partial charge in [-0.1, -0.05) is 48.5 Å². The third-order valence-electron chi connectivity index (χ3n) is 5.96. The molecule has 5 rings (SSSR count). The molecule has 1 aliphatic heterocycles. The first kappa shape index (κ1) is 26.1. The summed E-state index contributed by atoms with van der Waals surface area (Å²) in [4.78, 5) is 44.2. The van der Waals surface area contributed by atoms with E-state index in [1.165, 1.54) is 0 Å². The van der Waals surface area contributed by atoms with E-state index in [1.807, 2.05) is 42.5 Å². The zero-order valence-corrected chi connectivity index (χ0v) is 21.6. The summed E-state index contributed by atoms with van der Waals surface area (Å²) in [6, 6.07) is 26.7. The molecule has 1 aromatic heterocycles. The lowest BCUT2D eigenvalue weighted by molar-refractivity contribution is 0.101. The maximum Gasteiger partial charge on any atom is 0.257 e. The minimum atomic E-state index is -0.359. The number of hydrogen-bond donors (Lipinski definition) is 2. The number of pyridine rings is 1. The maximum absolute atomic E-state index is 13.3. The normalized spacial score (nSPS) is 12.8. The van der Waals surface area contributed by atoms with Crippen LogP contribution in [0, 0.1) is 0 Å². The van der Waals surface area contributed by atoms with E-state index < -0.39 is 0 Å². The molecule has 40 heavy (non-hydrogen) atoms. The number of nitrogens with one attached hydrogen (secondary N) is 2. The van der Waals surface area contributed by atoms with E-state index in [-0.39, 0.29) is 11.8 Å². The van der Waals surface area contributed by atoms with Gasteiger partial charge in [0.2, 0.25) is 0 Å². The van der Waals surface area contributed by atoms with E-state index >= 15 is 0 Å². The number of carbonyl (C=O) groups excluding carboxylic acids is 2. The highest BCUT2D eigenvalue weighted by molar-refractivity contribution is 6.36. The summed E-state index contributed by atoms with van der Waals surface area (Å²) >= 11 is 0. The molecule has 2 N–H and O–H groups in total. The summed E-state index contributed by atoms with van der Waals surface area (Å²) in [7, 11) is 0. The van der Waals surface area contributed by atoms with Gasteiger partial charge in [0.05, 0.1) is 57.7 Å². The van der Waals surface area contributed by atoms with E-state index in [2.05, 4.69) is 30.6 Å². The minimum Gasteiger partial charge on any atom is -0.320 e. The molecule has 1 aliphatic rings. The Balaban J connectivity index is 1.34. The van der Waals surface area contributed by atoms with Crippen molar-refractivity contribution in [2.24, 2.45) is 15.0 Å². The molecule has 0 atom stereocenters. The number of anilines is 2. The summed E-state index contributed by atoms with van der Waals surface area (Å²) in [5, 5.41) is 5.82. The van der Waals surface area contributed by atoms with E-state index in [1.54, 1.807) is 79.3 Å². The summed E-state index contributed by atoms with van der Waals surface area (Å²) < 4.78 is 0. The molecule has 3 aromatic carbocycles. The molecule has 2 heterocycles. The number of para-hydroxylation sites is 4. The van der Waals surface area contributed by atoms with Gasteiger partial charge in [0.1, 0.15) is 0 Å². The second-order valence-electron chi connectivity index (χ2n) is 8.76. The Labute approximate surface area is 232 Å². The van der Waals surface area contributed by atoms with Gasteiger partial charge >= 0.3 is 0 Å². The molecule has 0 radical (unpaired) electrons. The summed E-state index contributed by atoms with van der Waals surface area (Å²) in [6.45, 7) is 0.726. The highest BCUT2D eigenvalue weighted by atomic mass is 16.2. The predicted octanol–water partition coefficient (Wildman–Crippen LogP) is 6.44. The van der Waals surface area contributed by atoms with Crippen LogP contribution in [0.15, 0.2) is 124 Å². The van der Waals surface area contributed by atoms with Crippen molar-refractivity contribution in [2.75, 3.05) is 17.2 Å². The molecule has 0 fully saturated rings. The van der Waals surface area contributed by atoms with Crippen LogP contribution in [0.1, 0.15) is 32.8 Å². The van der Waals surface area contributed by atoms with Crippen molar-refractivity contribution in [1.82, 2.24) is 4.98 Å². The Morgan fingerprint density at radius 3 is 1.85 bits per heavy atom. The van der Waals surface area contributed by atoms with Gasteiger partial charge in [-0.25, -0.2) is 0 Å². The van der Waals surface area contributed by atoms with Gasteiger partial charge in [-0.05, 0) is 61.0 Å². The Hall–Kier alpha value is -5.50. The number of rotatable bonds is 8.